The first-order valence-electron chi connectivity index (χ1n) is 5.43. The number of aliphatic hydroxyl groups is 4. The highest BCUT2D eigenvalue weighted by molar-refractivity contribution is 5.75. The van der Waals surface area contributed by atoms with Crippen LogP contribution in [0, 0.1) is 0 Å². The molecule has 0 saturated carbocycles. The molecule has 0 aromatic carbocycles. The molecule has 0 aromatic rings. The van der Waals surface area contributed by atoms with Gasteiger partial charge in [0, 0.05) is 13.0 Å². The minimum absolute atomic E-state index is 0.304. The Morgan fingerprint density at radius 1 is 1.35 bits per heavy atom. The highest BCUT2D eigenvalue weighted by Crippen LogP contribution is 2.26. The molecular weight excluding hydrogens is 232 g/mol. The van der Waals surface area contributed by atoms with E-state index in [-0.39, 0.29) is 0 Å². The number of rotatable bonds is 2. The van der Waals surface area contributed by atoms with Gasteiger partial charge in [0.25, 0.3) is 0 Å². The number of nitrogens with one attached hydrogen (secondary N) is 1. The fourth-order valence-electron chi connectivity index (χ4n) is 2.07. The van der Waals surface area contributed by atoms with Crippen LogP contribution in [0.2, 0.25) is 0 Å². The number of carbonyl (C=O) groups excluding carboxylic acids is 1. The van der Waals surface area contributed by atoms with Crippen molar-refractivity contribution in [3.05, 3.63) is 0 Å². The quantitative estimate of drug-likeness (QED) is 0.359. The van der Waals surface area contributed by atoms with Crippen LogP contribution < -0.4 is 5.32 Å². The van der Waals surface area contributed by atoms with E-state index in [9.17, 15) is 20.1 Å². The third-order valence-electron chi connectivity index (χ3n) is 3.03. The van der Waals surface area contributed by atoms with Gasteiger partial charge in [-0.3, -0.25) is 4.90 Å². The Kier molecular flexibility index (Phi) is 3.50. The van der Waals surface area contributed by atoms with E-state index in [2.05, 4.69) is 5.32 Å². The molecule has 0 aliphatic carbocycles. The molecule has 17 heavy (non-hydrogen) atoms. The summed E-state index contributed by atoms with van der Waals surface area (Å²) in [7, 11) is 0. The van der Waals surface area contributed by atoms with Crippen LogP contribution in [0.4, 0.5) is 4.79 Å². The molecule has 2 heterocycles. The van der Waals surface area contributed by atoms with Crippen molar-refractivity contribution in [2.24, 2.45) is 0 Å². The first kappa shape index (κ1) is 12.5. The number of amides is 2. The lowest BCUT2D eigenvalue weighted by Crippen LogP contribution is -2.59. The van der Waals surface area contributed by atoms with E-state index in [0.29, 0.717) is 13.0 Å². The van der Waals surface area contributed by atoms with Crippen LogP contribution in [0.25, 0.3) is 0 Å². The Labute approximate surface area is 97.4 Å². The zero-order chi connectivity index (χ0) is 12.6. The third-order valence-corrected chi connectivity index (χ3v) is 3.03. The minimum atomic E-state index is -1.36. The lowest BCUT2D eigenvalue weighted by Gasteiger charge is -2.37. The van der Waals surface area contributed by atoms with Crippen LogP contribution in [0.3, 0.4) is 0 Å². The third kappa shape index (κ3) is 2.09. The summed E-state index contributed by atoms with van der Waals surface area (Å²) in [6.45, 7) is -0.133. The fraction of sp³-hybridized carbons (Fsp3) is 0.889. The maximum Gasteiger partial charge on any atom is 0.321 e. The molecule has 1 unspecified atom stereocenters. The van der Waals surface area contributed by atoms with Crippen LogP contribution in [0.1, 0.15) is 6.42 Å². The van der Waals surface area contributed by atoms with Gasteiger partial charge >= 0.3 is 6.03 Å². The lowest BCUT2D eigenvalue weighted by atomic mass is 10.1. The van der Waals surface area contributed by atoms with Gasteiger partial charge in [-0.2, -0.15) is 0 Å². The zero-order valence-corrected chi connectivity index (χ0v) is 9.06. The summed E-state index contributed by atoms with van der Waals surface area (Å²) in [6.07, 6.45) is -5.53. The predicted molar refractivity (Wildman–Crippen MR) is 53.6 cm³/mol. The van der Waals surface area contributed by atoms with Gasteiger partial charge in [-0.25, -0.2) is 4.79 Å². The van der Waals surface area contributed by atoms with Crippen molar-refractivity contribution in [3.8, 4) is 0 Å². The van der Waals surface area contributed by atoms with E-state index >= 15 is 0 Å². The Morgan fingerprint density at radius 2 is 2.06 bits per heavy atom. The van der Waals surface area contributed by atoms with Crippen molar-refractivity contribution >= 4 is 6.03 Å². The largest absolute Gasteiger partial charge is 0.394 e. The zero-order valence-electron chi connectivity index (χ0n) is 9.06. The van der Waals surface area contributed by atoms with Crippen molar-refractivity contribution in [1.82, 2.24) is 10.2 Å². The molecule has 2 saturated heterocycles. The molecule has 0 radical (unpaired) electrons. The van der Waals surface area contributed by atoms with Gasteiger partial charge in [0.05, 0.1) is 6.61 Å². The van der Waals surface area contributed by atoms with E-state index in [1.54, 1.807) is 0 Å². The highest BCUT2D eigenvalue weighted by atomic mass is 16.6. The van der Waals surface area contributed by atoms with Gasteiger partial charge in [-0.15, -0.1) is 0 Å². The minimum Gasteiger partial charge on any atom is -0.394 e. The van der Waals surface area contributed by atoms with E-state index in [0.717, 1.165) is 4.90 Å². The van der Waals surface area contributed by atoms with E-state index in [1.807, 2.05) is 0 Å². The second-order valence-electron chi connectivity index (χ2n) is 4.14. The number of carbonyl (C=O) groups is 1. The van der Waals surface area contributed by atoms with Crippen LogP contribution in [-0.4, -0.2) is 75.3 Å². The Hall–Kier alpha value is -0.930. The second kappa shape index (κ2) is 4.75. The first-order valence-corrected chi connectivity index (χ1v) is 5.43. The molecule has 2 rings (SSSR count). The van der Waals surface area contributed by atoms with Crippen molar-refractivity contribution < 1.29 is 30.0 Å². The summed E-state index contributed by atoms with van der Waals surface area (Å²) < 4.78 is 5.17. The van der Waals surface area contributed by atoms with Crippen LogP contribution in [-0.2, 0) is 4.74 Å². The first-order chi connectivity index (χ1) is 8.06. The molecule has 8 heteroatoms. The Balaban J connectivity index is 2.13. The predicted octanol–water partition coefficient (Wildman–Crippen LogP) is -2.84. The molecule has 5 atom stereocenters. The van der Waals surface area contributed by atoms with Crippen molar-refractivity contribution in [2.45, 2.75) is 37.2 Å². The van der Waals surface area contributed by atoms with Crippen LogP contribution in [0.5, 0.6) is 0 Å². The van der Waals surface area contributed by atoms with E-state index in [1.165, 1.54) is 0 Å². The standard InChI is InChI=1S/C9H16N2O6/c12-3-4-6(14)7(15)8(17-4)11-5(13)1-2-10-9(11)16/h4-8,12-15H,1-3H2,(H,10,16)/t4-,5?,6-,7-,8-/m1/s1. The molecular formula is C9H16N2O6. The molecule has 2 aliphatic rings. The summed E-state index contributed by atoms with van der Waals surface area (Å²) >= 11 is 0. The average Bonchev–Trinajstić information content (AvgIpc) is 2.57. The topological polar surface area (TPSA) is 122 Å². The number of ether oxygens (including phenoxy) is 1. The maximum absolute atomic E-state index is 11.6. The van der Waals surface area contributed by atoms with Crippen molar-refractivity contribution in [1.29, 1.82) is 0 Å². The summed E-state index contributed by atoms with van der Waals surface area (Å²) in [5.41, 5.74) is 0. The maximum atomic E-state index is 11.6. The normalized spacial score (nSPS) is 42.7. The molecule has 2 aliphatic heterocycles. The monoisotopic (exact) mass is 248 g/mol. The molecule has 5 N–H and O–H groups in total. The number of hydrogen-bond donors (Lipinski definition) is 5. The number of urea groups is 1. The Morgan fingerprint density at radius 3 is 2.59 bits per heavy atom. The summed E-state index contributed by atoms with van der Waals surface area (Å²) in [5.74, 6) is 0. The van der Waals surface area contributed by atoms with E-state index < -0.39 is 43.4 Å². The van der Waals surface area contributed by atoms with Crippen molar-refractivity contribution in [2.75, 3.05) is 13.2 Å². The molecule has 0 aromatic heterocycles. The van der Waals surface area contributed by atoms with Gasteiger partial charge in [0.2, 0.25) is 0 Å². The number of hydrogen-bond acceptors (Lipinski definition) is 6. The van der Waals surface area contributed by atoms with Gasteiger partial charge in [-0.05, 0) is 0 Å². The van der Waals surface area contributed by atoms with Gasteiger partial charge in [0.15, 0.2) is 6.23 Å². The Bertz CT molecular complexity index is 301. The molecule has 98 valence electrons. The SMILES string of the molecule is O=C1NCCC(O)N1[C@@H]1O[C@H](CO)[C@@H](O)[C@H]1O. The van der Waals surface area contributed by atoms with Crippen molar-refractivity contribution in [3.63, 3.8) is 0 Å². The van der Waals surface area contributed by atoms with Crippen LogP contribution in [0.15, 0.2) is 0 Å². The molecule has 0 spiro atoms. The second-order valence-corrected chi connectivity index (χ2v) is 4.14. The fourth-order valence-corrected chi connectivity index (χ4v) is 2.07. The average molecular weight is 248 g/mol. The molecule has 0 bridgehead atoms. The van der Waals surface area contributed by atoms with Crippen LogP contribution >= 0.6 is 0 Å². The molecule has 2 amide bonds. The number of nitrogens with zero attached hydrogens (tertiary/aromatic N) is 1. The molecule has 2 fully saturated rings. The van der Waals surface area contributed by atoms with E-state index in [4.69, 9.17) is 9.84 Å². The van der Waals surface area contributed by atoms with Gasteiger partial charge < -0.3 is 30.5 Å². The lowest BCUT2D eigenvalue weighted by molar-refractivity contribution is -0.136. The summed E-state index contributed by atoms with van der Waals surface area (Å²) in [6, 6.07) is -0.571. The number of aliphatic hydroxyl groups excluding tert-OH is 4. The summed E-state index contributed by atoms with van der Waals surface area (Å²) in [4.78, 5) is 12.5. The summed E-state index contributed by atoms with van der Waals surface area (Å²) in [5, 5.41) is 40.4. The highest BCUT2D eigenvalue weighted by Gasteiger charge is 2.48. The van der Waals surface area contributed by atoms with Gasteiger partial charge in [-0.1, -0.05) is 0 Å². The van der Waals surface area contributed by atoms with Gasteiger partial charge in [0.1, 0.15) is 24.5 Å². The molecule has 8 nitrogen and oxygen atoms in total. The smallest absolute Gasteiger partial charge is 0.321 e.